The third-order valence-electron chi connectivity index (χ3n) is 13.9. The summed E-state index contributed by atoms with van der Waals surface area (Å²) in [6.07, 6.45) is 9.41. The van der Waals surface area contributed by atoms with Crippen LogP contribution in [0.1, 0.15) is 94.9 Å². The Hall–Kier alpha value is -3.75. The zero-order valence-electron chi connectivity index (χ0n) is 30.1. The SMILES string of the molecule is CC1(C)CCC(C)(C)c2c(N(c3ccccc3)c3ccc4c(c3)C3(c5cccc(-c6ccccc6)c5S4)C4CC5CC(C4)CC3C5)cccc21. The van der Waals surface area contributed by atoms with E-state index in [2.05, 4.69) is 148 Å². The highest BCUT2D eigenvalue weighted by molar-refractivity contribution is 7.99. The van der Waals surface area contributed by atoms with Crippen molar-refractivity contribution in [3.05, 3.63) is 138 Å². The molecular weight excluding hydrogens is 623 g/mol. The Morgan fingerprint density at radius 3 is 1.92 bits per heavy atom. The maximum atomic E-state index is 2.68. The normalized spacial score (nSPS) is 27.8. The summed E-state index contributed by atoms with van der Waals surface area (Å²) in [5.74, 6) is 3.22. The van der Waals surface area contributed by atoms with Crippen molar-refractivity contribution in [1.29, 1.82) is 0 Å². The van der Waals surface area contributed by atoms with Gasteiger partial charge in [0, 0.05) is 26.6 Å². The number of nitrogens with zero attached hydrogens (tertiary/aromatic N) is 1. The van der Waals surface area contributed by atoms with Crippen molar-refractivity contribution in [2.45, 2.75) is 98.7 Å². The summed E-state index contributed by atoms with van der Waals surface area (Å²) in [5, 5.41) is 0. The second kappa shape index (κ2) is 11.1. The quantitative estimate of drug-likeness (QED) is 0.187. The first-order chi connectivity index (χ1) is 24.2. The average Bonchev–Trinajstić information content (AvgIpc) is 3.12. The van der Waals surface area contributed by atoms with Gasteiger partial charge in [-0.25, -0.2) is 0 Å². The minimum Gasteiger partial charge on any atom is -0.310 e. The molecule has 6 aliphatic rings. The van der Waals surface area contributed by atoms with Gasteiger partial charge in [0.1, 0.15) is 0 Å². The summed E-state index contributed by atoms with van der Waals surface area (Å²) in [7, 11) is 0. The molecule has 0 amide bonds. The van der Waals surface area contributed by atoms with E-state index in [4.69, 9.17) is 0 Å². The fraction of sp³-hybridized carbons (Fsp3) is 0.375. The molecule has 2 heteroatoms. The maximum absolute atomic E-state index is 2.68. The zero-order valence-corrected chi connectivity index (χ0v) is 30.9. The van der Waals surface area contributed by atoms with E-state index in [-0.39, 0.29) is 16.2 Å². The summed E-state index contributed by atoms with van der Waals surface area (Å²) in [4.78, 5) is 5.60. The van der Waals surface area contributed by atoms with Crippen molar-refractivity contribution < 1.29 is 0 Å². The maximum Gasteiger partial charge on any atom is 0.0502 e. The van der Waals surface area contributed by atoms with Gasteiger partial charge in [-0.1, -0.05) is 118 Å². The Morgan fingerprint density at radius 2 is 1.20 bits per heavy atom. The monoisotopic (exact) mass is 671 g/mol. The van der Waals surface area contributed by atoms with Gasteiger partial charge in [-0.3, -0.25) is 0 Å². The third-order valence-corrected chi connectivity index (χ3v) is 15.1. The highest BCUT2D eigenvalue weighted by Gasteiger charge is 2.61. The average molecular weight is 672 g/mol. The zero-order chi connectivity index (χ0) is 33.8. The van der Waals surface area contributed by atoms with Crippen LogP contribution < -0.4 is 4.90 Å². The van der Waals surface area contributed by atoms with Gasteiger partial charge in [0.25, 0.3) is 0 Å². The largest absolute Gasteiger partial charge is 0.310 e. The van der Waals surface area contributed by atoms with Gasteiger partial charge >= 0.3 is 0 Å². The molecule has 0 atom stereocenters. The standard InChI is InChI=1S/C48H49NS/c1-46(2)23-24-47(3,4)44-39(46)18-12-20-42(44)49(36-15-9-6-10-16-36)37-21-22-43-41(30-37)48(34-26-31-25-32(28-34)29-35(48)27-31)40-19-11-17-38(45(40)50-43)33-13-7-5-8-14-33/h5-22,30-32,34-35H,23-29H2,1-4H3. The van der Waals surface area contributed by atoms with Gasteiger partial charge in [-0.05, 0) is 149 Å². The smallest absolute Gasteiger partial charge is 0.0502 e. The molecule has 4 fully saturated rings. The van der Waals surface area contributed by atoms with Crippen molar-refractivity contribution in [3.63, 3.8) is 0 Å². The van der Waals surface area contributed by atoms with E-state index in [1.165, 1.54) is 94.1 Å². The number of anilines is 3. The number of para-hydroxylation sites is 1. The minimum absolute atomic E-state index is 0.0594. The summed E-state index contributed by atoms with van der Waals surface area (Å²) in [6.45, 7) is 9.85. The topological polar surface area (TPSA) is 3.24 Å². The molecule has 1 aliphatic heterocycles. The van der Waals surface area contributed by atoms with Crippen LogP contribution in [0.4, 0.5) is 17.1 Å². The molecule has 11 rings (SSSR count). The molecule has 252 valence electrons. The number of hydrogen-bond donors (Lipinski definition) is 0. The predicted octanol–water partition coefficient (Wildman–Crippen LogP) is 13.4. The summed E-state index contributed by atoms with van der Waals surface area (Å²) in [5.41, 5.74) is 13.2. The minimum atomic E-state index is 0.0594. The van der Waals surface area contributed by atoms with Gasteiger partial charge in [-0.2, -0.15) is 0 Å². The van der Waals surface area contributed by atoms with Crippen LogP contribution in [0.3, 0.4) is 0 Å². The highest BCUT2D eigenvalue weighted by Crippen LogP contribution is 2.69. The number of benzene rings is 5. The fourth-order valence-electron chi connectivity index (χ4n) is 11.8. The van der Waals surface area contributed by atoms with Crippen LogP contribution in [0.15, 0.2) is 125 Å². The Bertz CT molecular complexity index is 2080. The Balaban J connectivity index is 1.22. The van der Waals surface area contributed by atoms with Crippen molar-refractivity contribution >= 4 is 28.8 Å². The summed E-state index contributed by atoms with van der Waals surface area (Å²) < 4.78 is 0. The molecular formula is C48H49NS. The molecule has 50 heavy (non-hydrogen) atoms. The number of hydrogen-bond acceptors (Lipinski definition) is 2. The van der Waals surface area contributed by atoms with Crippen LogP contribution in [-0.2, 0) is 16.2 Å². The van der Waals surface area contributed by atoms with Crippen LogP contribution in [0.2, 0.25) is 0 Å². The molecule has 4 saturated carbocycles. The van der Waals surface area contributed by atoms with Crippen LogP contribution >= 0.6 is 11.8 Å². The molecule has 1 nitrogen and oxygen atoms in total. The van der Waals surface area contributed by atoms with E-state index >= 15 is 0 Å². The molecule has 0 unspecified atom stereocenters. The Labute approximate surface area is 303 Å². The van der Waals surface area contributed by atoms with E-state index < -0.39 is 0 Å². The molecule has 4 bridgehead atoms. The second-order valence-electron chi connectivity index (χ2n) is 17.6. The van der Waals surface area contributed by atoms with Gasteiger partial charge in [0.2, 0.25) is 0 Å². The van der Waals surface area contributed by atoms with Gasteiger partial charge in [0.15, 0.2) is 0 Å². The Morgan fingerprint density at radius 1 is 0.560 bits per heavy atom. The molecule has 0 radical (unpaired) electrons. The molecule has 0 N–H and O–H groups in total. The van der Waals surface area contributed by atoms with Gasteiger partial charge in [-0.15, -0.1) is 0 Å². The lowest BCUT2D eigenvalue weighted by Gasteiger charge is -2.63. The van der Waals surface area contributed by atoms with Crippen LogP contribution in [0.5, 0.6) is 0 Å². The molecule has 1 spiro atoms. The van der Waals surface area contributed by atoms with E-state index in [1.54, 1.807) is 11.1 Å². The number of fused-ring (bicyclic) bond motifs is 3. The third kappa shape index (κ3) is 4.46. The summed E-state index contributed by atoms with van der Waals surface area (Å²) in [6, 6.07) is 44.4. The highest BCUT2D eigenvalue weighted by atomic mass is 32.2. The molecule has 0 saturated heterocycles. The second-order valence-corrected chi connectivity index (χ2v) is 18.7. The first-order valence-electron chi connectivity index (χ1n) is 19.2. The molecule has 0 aromatic heterocycles. The van der Waals surface area contributed by atoms with Crippen LogP contribution in [0.25, 0.3) is 11.1 Å². The van der Waals surface area contributed by atoms with E-state index in [0.717, 1.165) is 11.8 Å². The lowest BCUT2D eigenvalue weighted by molar-refractivity contribution is -0.0443. The van der Waals surface area contributed by atoms with Gasteiger partial charge < -0.3 is 4.90 Å². The Kier molecular flexibility index (Phi) is 6.90. The predicted molar refractivity (Wildman–Crippen MR) is 210 cm³/mol. The van der Waals surface area contributed by atoms with Gasteiger partial charge in [0.05, 0.1) is 5.69 Å². The van der Waals surface area contributed by atoms with Crippen LogP contribution in [0, 0.1) is 23.7 Å². The first-order valence-corrected chi connectivity index (χ1v) is 20.1. The molecule has 5 aliphatic carbocycles. The molecule has 1 heterocycles. The van der Waals surface area contributed by atoms with Crippen molar-refractivity contribution in [3.8, 4) is 11.1 Å². The van der Waals surface area contributed by atoms with E-state index in [1.807, 2.05) is 11.8 Å². The lowest BCUT2D eigenvalue weighted by Crippen LogP contribution is -2.57. The van der Waals surface area contributed by atoms with Crippen molar-refractivity contribution in [2.75, 3.05) is 4.90 Å². The molecule has 5 aromatic rings. The van der Waals surface area contributed by atoms with Crippen molar-refractivity contribution in [2.24, 2.45) is 23.7 Å². The van der Waals surface area contributed by atoms with Crippen molar-refractivity contribution in [1.82, 2.24) is 0 Å². The van der Waals surface area contributed by atoms with E-state index in [0.29, 0.717) is 11.8 Å². The number of rotatable bonds is 4. The summed E-state index contributed by atoms with van der Waals surface area (Å²) >= 11 is 2.04. The fourth-order valence-corrected chi connectivity index (χ4v) is 13.2. The van der Waals surface area contributed by atoms with Crippen LogP contribution in [-0.4, -0.2) is 0 Å². The lowest BCUT2D eigenvalue weighted by atomic mass is 9.42. The van der Waals surface area contributed by atoms with E-state index in [9.17, 15) is 0 Å². The first kappa shape index (κ1) is 31.0. The molecule has 5 aromatic carbocycles.